The van der Waals surface area contributed by atoms with E-state index in [9.17, 15) is 4.79 Å². The Hall–Kier alpha value is -1.45. The number of rotatable bonds is 2. The molecule has 0 aromatic carbocycles. The van der Waals surface area contributed by atoms with Crippen LogP contribution in [0.15, 0.2) is 6.20 Å². The minimum absolute atomic E-state index is 0.163. The van der Waals surface area contributed by atoms with Crippen molar-refractivity contribution < 1.29 is 9.90 Å². The lowest BCUT2D eigenvalue weighted by atomic mass is 9.80. The van der Waals surface area contributed by atoms with Crippen LogP contribution in [0.4, 0.5) is 0 Å². The Bertz CT molecular complexity index is 423. The molecule has 0 amide bonds. The van der Waals surface area contributed by atoms with Gasteiger partial charge in [0.25, 0.3) is 0 Å². The molecule has 1 aromatic rings. The molecule has 1 heterocycles. The lowest BCUT2D eigenvalue weighted by Gasteiger charge is -2.26. The summed E-state index contributed by atoms with van der Waals surface area (Å²) in [4.78, 5) is 19.8. The number of hydrogen-bond donors (Lipinski definition) is 1. The number of aromatic nitrogens is 2. The quantitative estimate of drug-likeness (QED) is 0.853. The van der Waals surface area contributed by atoms with Crippen LogP contribution in [0.3, 0.4) is 0 Å². The number of aliphatic carboxylic acids is 1. The molecule has 1 aliphatic rings. The van der Waals surface area contributed by atoms with Gasteiger partial charge >= 0.3 is 5.97 Å². The fourth-order valence-corrected chi connectivity index (χ4v) is 2.56. The van der Waals surface area contributed by atoms with Crippen LogP contribution in [-0.2, 0) is 4.79 Å². The second kappa shape index (κ2) is 4.82. The predicted molar refractivity (Wildman–Crippen MR) is 63.8 cm³/mol. The van der Waals surface area contributed by atoms with E-state index < -0.39 is 5.97 Å². The van der Waals surface area contributed by atoms with E-state index in [0.717, 1.165) is 42.8 Å². The summed E-state index contributed by atoms with van der Waals surface area (Å²) in [5.41, 5.74) is 2.98. The fourth-order valence-electron chi connectivity index (χ4n) is 2.56. The molecule has 4 heteroatoms. The third kappa shape index (κ3) is 2.62. The highest BCUT2D eigenvalue weighted by molar-refractivity contribution is 5.70. The van der Waals surface area contributed by atoms with Crippen molar-refractivity contribution in [3.63, 3.8) is 0 Å². The van der Waals surface area contributed by atoms with Crippen molar-refractivity contribution in [2.45, 2.75) is 45.4 Å². The molecule has 0 atom stereocenters. The molecule has 4 nitrogen and oxygen atoms in total. The first kappa shape index (κ1) is 12.0. The minimum Gasteiger partial charge on any atom is -0.481 e. The van der Waals surface area contributed by atoms with Crippen LogP contribution in [0.2, 0.25) is 0 Å². The molecule has 92 valence electrons. The molecule has 0 aliphatic heterocycles. The molecular formula is C13H18N2O2. The lowest BCUT2D eigenvalue weighted by molar-refractivity contribution is -0.142. The molecule has 0 bridgehead atoms. The Morgan fingerprint density at radius 1 is 1.29 bits per heavy atom. The van der Waals surface area contributed by atoms with E-state index in [0.29, 0.717) is 5.92 Å². The summed E-state index contributed by atoms with van der Waals surface area (Å²) in [5.74, 6) is -0.433. The van der Waals surface area contributed by atoms with Gasteiger partial charge in [0.15, 0.2) is 0 Å². The van der Waals surface area contributed by atoms with Crippen LogP contribution < -0.4 is 0 Å². The van der Waals surface area contributed by atoms with Gasteiger partial charge in [0.2, 0.25) is 0 Å². The molecular weight excluding hydrogens is 216 g/mol. The van der Waals surface area contributed by atoms with Crippen molar-refractivity contribution >= 4 is 5.97 Å². The number of aryl methyl sites for hydroxylation is 2. The van der Waals surface area contributed by atoms with Crippen molar-refractivity contribution in [3.05, 3.63) is 23.3 Å². The maximum Gasteiger partial charge on any atom is 0.306 e. The van der Waals surface area contributed by atoms with Crippen LogP contribution in [0.1, 0.15) is 48.7 Å². The van der Waals surface area contributed by atoms with E-state index in [1.54, 1.807) is 6.20 Å². The summed E-state index contributed by atoms with van der Waals surface area (Å²) < 4.78 is 0. The Labute approximate surface area is 101 Å². The molecule has 0 spiro atoms. The zero-order chi connectivity index (χ0) is 12.4. The normalized spacial score (nSPS) is 24.6. The maximum atomic E-state index is 10.9. The zero-order valence-electron chi connectivity index (χ0n) is 10.3. The monoisotopic (exact) mass is 234 g/mol. The van der Waals surface area contributed by atoms with Gasteiger partial charge in [0, 0.05) is 12.1 Å². The molecule has 1 aliphatic carbocycles. The third-order valence-electron chi connectivity index (χ3n) is 3.58. The highest BCUT2D eigenvalue weighted by Crippen LogP contribution is 2.35. The first-order valence-corrected chi connectivity index (χ1v) is 6.11. The number of carboxylic acids is 1. The van der Waals surface area contributed by atoms with Crippen LogP contribution in [0, 0.1) is 19.8 Å². The summed E-state index contributed by atoms with van der Waals surface area (Å²) in [6.45, 7) is 3.92. The Morgan fingerprint density at radius 3 is 2.53 bits per heavy atom. The van der Waals surface area contributed by atoms with E-state index >= 15 is 0 Å². The molecule has 0 radical (unpaired) electrons. The molecule has 2 rings (SSSR count). The van der Waals surface area contributed by atoms with Gasteiger partial charge in [0.1, 0.15) is 0 Å². The van der Waals surface area contributed by atoms with Gasteiger partial charge in [-0.15, -0.1) is 0 Å². The SMILES string of the molecule is Cc1cnc(C)c(C2CCC(C(=O)O)CC2)n1. The average Bonchev–Trinajstić information content (AvgIpc) is 2.32. The fraction of sp³-hybridized carbons (Fsp3) is 0.615. The van der Waals surface area contributed by atoms with Gasteiger partial charge in [-0.05, 0) is 39.5 Å². The van der Waals surface area contributed by atoms with Crippen molar-refractivity contribution in [1.29, 1.82) is 0 Å². The first-order chi connectivity index (χ1) is 8.08. The van der Waals surface area contributed by atoms with Crippen LogP contribution in [-0.4, -0.2) is 21.0 Å². The highest BCUT2D eigenvalue weighted by Gasteiger charge is 2.28. The van der Waals surface area contributed by atoms with Crippen molar-refractivity contribution in [2.75, 3.05) is 0 Å². The molecule has 1 aromatic heterocycles. The van der Waals surface area contributed by atoms with E-state index in [1.807, 2.05) is 13.8 Å². The maximum absolute atomic E-state index is 10.9. The molecule has 17 heavy (non-hydrogen) atoms. The average molecular weight is 234 g/mol. The highest BCUT2D eigenvalue weighted by atomic mass is 16.4. The molecule has 1 fully saturated rings. The first-order valence-electron chi connectivity index (χ1n) is 6.11. The van der Waals surface area contributed by atoms with Crippen LogP contribution in [0.5, 0.6) is 0 Å². The van der Waals surface area contributed by atoms with E-state index in [1.165, 1.54) is 0 Å². The molecule has 1 N–H and O–H groups in total. The smallest absolute Gasteiger partial charge is 0.306 e. The van der Waals surface area contributed by atoms with Gasteiger partial charge in [-0.1, -0.05) is 0 Å². The summed E-state index contributed by atoms with van der Waals surface area (Å²) in [6, 6.07) is 0. The Balaban J connectivity index is 2.10. The topological polar surface area (TPSA) is 63.1 Å². The molecule has 1 saturated carbocycles. The zero-order valence-corrected chi connectivity index (χ0v) is 10.3. The van der Waals surface area contributed by atoms with Gasteiger partial charge in [-0.3, -0.25) is 14.8 Å². The number of carboxylic acid groups (broad SMARTS) is 1. The standard InChI is InChI=1S/C13H18N2O2/c1-8-7-14-9(2)12(15-8)10-3-5-11(6-4-10)13(16)17/h7,10-11H,3-6H2,1-2H3,(H,16,17). The third-order valence-corrected chi connectivity index (χ3v) is 3.58. The predicted octanol–water partition coefficient (Wildman–Crippen LogP) is 2.45. The minimum atomic E-state index is -0.657. The van der Waals surface area contributed by atoms with E-state index in [2.05, 4.69) is 9.97 Å². The molecule has 0 saturated heterocycles. The van der Waals surface area contributed by atoms with Crippen molar-refractivity contribution in [1.82, 2.24) is 9.97 Å². The second-order valence-corrected chi connectivity index (χ2v) is 4.87. The summed E-state index contributed by atoms with van der Waals surface area (Å²) in [5, 5.41) is 8.97. The van der Waals surface area contributed by atoms with Gasteiger partial charge in [-0.25, -0.2) is 0 Å². The summed E-state index contributed by atoms with van der Waals surface area (Å²) >= 11 is 0. The lowest BCUT2D eigenvalue weighted by Crippen LogP contribution is -2.21. The van der Waals surface area contributed by atoms with E-state index in [4.69, 9.17) is 5.11 Å². The largest absolute Gasteiger partial charge is 0.481 e. The molecule has 0 unspecified atom stereocenters. The number of nitrogens with zero attached hydrogens (tertiary/aromatic N) is 2. The summed E-state index contributed by atoms with van der Waals surface area (Å²) in [6.07, 6.45) is 5.12. The second-order valence-electron chi connectivity index (χ2n) is 4.87. The summed E-state index contributed by atoms with van der Waals surface area (Å²) in [7, 11) is 0. The Morgan fingerprint density at radius 2 is 1.94 bits per heavy atom. The Kier molecular flexibility index (Phi) is 3.41. The van der Waals surface area contributed by atoms with Gasteiger partial charge < -0.3 is 5.11 Å². The van der Waals surface area contributed by atoms with Gasteiger partial charge in [0.05, 0.1) is 23.0 Å². The van der Waals surface area contributed by atoms with Crippen LogP contribution in [0.25, 0.3) is 0 Å². The number of carbonyl (C=O) groups is 1. The van der Waals surface area contributed by atoms with Crippen LogP contribution >= 0.6 is 0 Å². The number of hydrogen-bond acceptors (Lipinski definition) is 3. The van der Waals surface area contributed by atoms with E-state index in [-0.39, 0.29) is 5.92 Å². The van der Waals surface area contributed by atoms with Crippen molar-refractivity contribution in [2.24, 2.45) is 5.92 Å². The van der Waals surface area contributed by atoms with Gasteiger partial charge in [-0.2, -0.15) is 0 Å². The van der Waals surface area contributed by atoms with Crippen molar-refractivity contribution in [3.8, 4) is 0 Å².